The van der Waals surface area contributed by atoms with E-state index in [1.54, 1.807) is 0 Å². The van der Waals surface area contributed by atoms with Crippen LogP contribution in [0.1, 0.15) is 5.69 Å². The minimum absolute atomic E-state index is 0.215. The van der Waals surface area contributed by atoms with Gasteiger partial charge >= 0.3 is 5.92 Å². The first-order valence-corrected chi connectivity index (χ1v) is 4.47. The number of hydrogen-bond acceptors (Lipinski definition) is 4. The molecule has 0 aromatic carbocycles. The molecule has 8 heteroatoms. The van der Waals surface area contributed by atoms with Crippen LogP contribution in [-0.4, -0.2) is 21.6 Å². The molecule has 0 bridgehead atoms. The quantitative estimate of drug-likeness (QED) is 0.678. The van der Waals surface area contributed by atoms with Gasteiger partial charge in [0, 0.05) is 16.7 Å². The van der Waals surface area contributed by atoms with E-state index in [0.717, 1.165) is 12.3 Å². The average Bonchev–Trinajstić information content (AvgIpc) is 2.17. The van der Waals surface area contributed by atoms with Gasteiger partial charge in [0.05, 0.1) is 4.92 Å². The summed E-state index contributed by atoms with van der Waals surface area (Å²) in [5.41, 5.74) is -1.87. The molecular formula is C7H5BrF2N2O3. The highest BCUT2D eigenvalue weighted by Gasteiger charge is 2.39. The molecule has 0 saturated heterocycles. The van der Waals surface area contributed by atoms with Gasteiger partial charge in [0.1, 0.15) is 6.61 Å². The largest absolute Gasteiger partial charge is 0.390 e. The molecule has 0 radical (unpaired) electrons. The fraction of sp³-hybridized carbons (Fsp3) is 0.286. The van der Waals surface area contributed by atoms with Crippen molar-refractivity contribution >= 4 is 21.6 Å². The Morgan fingerprint density at radius 3 is 2.73 bits per heavy atom. The smallest absolute Gasteiger partial charge is 0.318 e. The van der Waals surface area contributed by atoms with Crippen LogP contribution >= 0.6 is 15.9 Å². The van der Waals surface area contributed by atoms with Gasteiger partial charge in [0.2, 0.25) is 0 Å². The summed E-state index contributed by atoms with van der Waals surface area (Å²) in [4.78, 5) is 12.7. The van der Waals surface area contributed by atoms with E-state index in [0.29, 0.717) is 0 Å². The Balaban J connectivity index is 3.35. The number of nitro groups is 1. The second-order valence-electron chi connectivity index (χ2n) is 2.64. The number of hydrogen-bond donors (Lipinski definition) is 1. The summed E-state index contributed by atoms with van der Waals surface area (Å²) in [7, 11) is 0. The Bertz CT molecular complexity index is 400. The van der Waals surface area contributed by atoms with Gasteiger partial charge in [-0.05, 0) is 15.9 Å². The normalized spacial score (nSPS) is 11.5. The van der Waals surface area contributed by atoms with Gasteiger partial charge in [-0.15, -0.1) is 0 Å². The third-order valence-corrected chi connectivity index (χ3v) is 2.01. The Kier molecular flexibility index (Phi) is 3.30. The molecule has 1 aromatic rings. The van der Waals surface area contributed by atoms with E-state index < -0.39 is 28.8 Å². The Hall–Kier alpha value is -1.15. The van der Waals surface area contributed by atoms with Gasteiger partial charge in [0.15, 0.2) is 5.69 Å². The molecule has 1 heterocycles. The molecule has 0 atom stereocenters. The van der Waals surface area contributed by atoms with E-state index in [4.69, 9.17) is 5.11 Å². The molecular weight excluding hydrogens is 278 g/mol. The molecule has 1 N–H and O–H groups in total. The zero-order valence-corrected chi connectivity index (χ0v) is 8.74. The number of halogens is 3. The standard InChI is InChI=1S/C7H5BrF2N2O3/c8-4-1-5(12(14)15)6(11-2-4)7(9,10)3-13/h1-2,13H,3H2. The SMILES string of the molecule is O=[N+]([O-])c1cc(Br)cnc1C(F)(F)CO. The summed E-state index contributed by atoms with van der Waals surface area (Å²) < 4.78 is 26.2. The summed E-state index contributed by atoms with van der Waals surface area (Å²) >= 11 is 2.88. The van der Waals surface area contributed by atoms with Crippen molar-refractivity contribution in [2.75, 3.05) is 6.61 Å². The number of aromatic nitrogens is 1. The molecule has 0 unspecified atom stereocenters. The molecule has 0 fully saturated rings. The van der Waals surface area contributed by atoms with Gasteiger partial charge in [0.25, 0.3) is 5.69 Å². The summed E-state index contributed by atoms with van der Waals surface area (Å²) in [6, 6.07) is 0.909. The predicted molar refractivity (Wildman–Crippen MR) is 49.6 cm³/mol. The first kappa shape index (κ1) is 11.9. The van der Waals surface area contributed by atoms with Crippen molar-refractivity contribution in [1.82, 2.24) is 4.98 Å². The van der Waals surface area contributed by atoms with Crippen LogP contribution in [0.3, 0.4) is 0 Å². The van der Waals surface area contributed by atoms with Crippen molar-refractivity contribution in [1.29, 1.82) is 0 Å². The maximum absolute atomic E-state index is 13.0. The van der Waals surface area contributed by atoms with Crippen LogP contribution in [0.4, 0.5) is 14.5 Å². The van der Waals surface area contributed by atoms with Crippen LogP contribution in [0.2, 0.25) is 0 Å². The summed E-state index contributed by atoms with van der Waals surface area (Å²) in [5.74, 6) is -3.72. The lowest BCUT2D eigenvalue weighted by atomic mass is 10.2. The summed E-state index contributed by atoms with van der Waals surface area (Å²) in [5, 5.41) is 18.9. The highest BCUT2D eigenvalue weighted by Crippen LogP contribution is 2.33. The van der Waals surface area contributed by atoms with E-state index in [1.165, 1.54) is 0 Å². The first-order valence-electron chi connectivity index (χ1n) is 3.67. The lowest BCUT2D eigenvalue weighted by Gasteiger charge is -2.12. The third kappa shape index (κ3) is 2.45. The van der Waals surface area contributed by atoms with Crippen LogP contribution in [0.5, 0.6) is 0 Å². The lowest BCUT2D eigenvalue weighted by Crippen LogP contribution is -2.21. The molecule has 15 heavy (non-hydrogen) atoms. The lowest BCUT2D eigenvalue weighted by molar-refractivity contribution is -0.387. The average molecular weight is 283 g/mol. The topological polar surface area (TPSA) is 76.3 Å². The number of alkyl halides is 2. The highest BCUT2D eigenvalue weighted by atomic mass is 79.9. The molecule has 0 aliphatic rings. The van der Waals surface area contributed by atoms with Crippen LogP contribution in [0, 0.1) is 10.1 Å². The minimum atomic E-state index is -3.72. The van der Waals surface area contributed by atoms with Crippen molar-refractivity contribution in [3.05, 3.63) is 32.5 Å². The molecule has 1 rings (SSSR count). The molecule has 0 amide bonds. The van der Waals surface area contributed by atoms with Gasteiger partial charge in [-0.3, -0.25) is 10.1 Å². The van der Waals surface area contributed by atoms with E-state index in [1.807, 2.05) is 0 Å². The van der Waals surface area contributed by atoms with Gasteiger partial charge in [-0.1, -0.05) is 0 Å². The van der Waals surface area contributed by atoms with E-state index in [2.05, 4.69) is 20.9 Å². The first-order chi connectivity index (χ1) is 6.88. The highest BCUT2D eigenvalue weighted by molar-refractivity contribution is 9.10. The molecule has 0 saturated carbocycles. The molecule has 0 aliphatic carbocycles. The van der Waals surface area contributed by atoms with Crippen molar-refractivity contribution < 1.29 is 18.8 Å². The molecule has 0 spiro atoms. The second kappa shape index (κ2) is 4.15. The number of nitrogens with zero attached hydrogens (tertiary/aromatic N) is 2. The zero-order valence-electron chi connectivity index (χ0n) is 7.15. The van der Waals surface area contributed by atoms with E-state index in [-0.39, 0.29) is 4.47 Å². The Labute approximate surface area is 91.0 Å². The zero-order chi connectivity index (χ0) is 11.6. The molecule has 5 nitrogen and oxygen atoms in total. The molecule has 0 aliphatic heterocycles. The Morgan fingerprint density at radius 2 is 2.27 bits per heavy atom. The van der Waals surface area contributed by atoms with Gasteiger partial charge in [-0.2, -0.15) is 8.78 Å². The number of rotatable bonds is 3. The van der Waals surface area contributed by atoms with E-state index >= 15 is 0 Å². The van der Waals surface area contributed by atoms with Gasteiger partial charge in [-0.25, -0.2) is 4.98 Å². The van der Waals surface area contributed by atoms with Crippen LogP contribution in [0.25, 0.3) is 0 Å². The second-order valence-corrected chi connectivity index (χ2v) is 3.56. The monoisotopic (exact) mass is 282 g/mol. The molecule has 82 valence electrons. The number of aliphatic hydroxyl groups excluding tert-OH is 1. The Morgan fingerprint density at radius 1 is 1.67 bits per heavy atom. The minimum Gasteiger partial charge on any atom is -0.390 e. The van der Waals surface area contributed by atoms with Crippen LogP contribution in [-0.2, 0) is 5.92 Å². The van der Waals surface area contributed by atoms with Crippen molar-refractivity contribution in [2.45, 2.75) is 5.92 Å². The third-order valence-electron chi connectivity index (χ3n) is 1.58. The maximum Gasteiger partial charge on any atom is 0.318 e. The summed E-state index contributed by atoms with van der Waals surface area (Å²) in [6.07, 6.45) is 1.01. The van der Waals surface area contributed by atoms with Gasteiger partial charge < -0.3 is 5.11 Å². The van der Waals surface area contributed by atoms with Crippen LogP contribution in [0.15, 0.2) is 16.7 Å². The fourth-order valence-corrected chi connectivity index (χ4v) is 1.24. The van der Waals surface area contributed by atoms with Crippen molar-refractivity contribution in [2.24, 2.45) is 0 Å². The maximum atomic E-state index is 13.0. The number of pyridine rings is 1. The summed E-state index contributed by atoms with van der Waals surface area (Å²) in [6.45, 7) is -1.53. The number of aliphatic hydroxyl groups is 1. The molecule has 1 aromatic heterocycles. The van der Waals surface area contributed by atoms with Crippen LogP contribution < -0.4 is 0 Å². The van der Waals surface area contributed by atoms with Crippen molar-refractivity contribution in [3.8, 4) is 0 Å². The predicted octanol–water partition coefficient (Wildman–Crippen LogP) is 1.84. The van der Waals surface area contributed by atoms with Crippen molar-refractivity contribution in [3.63, 3.8) is 0 Å². The van der Waals surface area contributed by atoms with E-state index in [9.17, 15) is 18.9 Å². The fourth-order valence-electron chi connectivity index (χ4n) is 0.924.